The molecule has 7 nitrogen and oxygen atoms in total. The number of anilines is 3. The Morgan fingerprint density at radius 3 is 2.76 bits per heavy atom. The quantitative estimate of drug-likeness (QED) is 0.671. The summed E-state index contributed by atoms with van der Waals surface area (Å²) in [6.07, 6.45) is 0.920. The van der Waals surface area contributed by atoms with Crippen LogP contribution in [0.15, 0.2) is 36.4 Å². The lowest BCUT2D eigenvalue weighted by Gasteiger charge is -2.36. The summed E-state index contributed by atoms with van der Waals surface area (Å²) in [4.78, 5) is 26.4. The van der Waals surface area contributed by atoms with Crippen LogP contribution in [0.2, 0.25) is 0 Å². The Labute approximate surface area is 174 Å². The maximum absolute atomic E-state index is 12.0. The van der Waals surface area contributed by atoms with Crippen LogP contribution in [-0.2, 0) is 16.0 Å². The summed E-state index contributed by atoms with van der Waals surface area (Å²) in [6, 6.07) is 12.4. The van der Waals surface area contributed by atoms with Gasteiger partial charge in [-0.1, -0.05) is 24.3 Å². The van der Waals surface area contributed by atoms with Crippen molar-refractivity contribution in [2.45, 2.75) is 13.3 Å². The van der Waals surface area contributed by atoms with Crippen LogP contribution in [0.5, 0.6) is 0 Å². The van der Waals surface area contributed by atoms with Crippen molar-refractivity contribution in [1.29, 1.82) is 0 Å². The van der Waals surface area contributed by atoms with Gasteiger partial charge in [0.15, 0.2) is 5.13 Å². The first kappa shape index (κ1) is 19.6. The van der Waals surface area contributed by atoms with Gasteiger partial charge in [-0.15, -0.1) is 0 Å². The van der Waals surface area contributed by atoms with Crippen molar-refractivity contribution in [2.75, 3.05) is 50.1 Å². The van der Waals surface area contributed by atoms with Crippen molar-refractivity contribution >= 4 is 44.1 Å². The molecule has 0 saturated carbocycles. The standard InChI is InChI=1S/C21H25N5O2S/c1-3-15-7-8-18-20(22-15)29-21(24-18)23-16-5-4-6-17(13-16)25-9-11-26(12-10-25)19(27)14-28-2/h4-8,13H,3,9-12,14H2,1-2H3,(H,23,24). The molecule has 1 aliphatic heterocycles. The number of nitrogens with zero attached hydrogens (tertiary/aromatic N) is 4. The number of hydrogen-bond acceptors (Lipinski definition) is 7. The van der Waals surface area contributed by atoms with Gasteiger partial charge in [-0.25, -0.2) is 9.97 Å². The van der Waals surface area contributed by atoms with Crippen LogP contribution >= 0.6 is 11.3 Å². The molecule has 4 rings (SSSR count). The van der Waals surface area contributed by atoms with E-state index in [4.69, 9.17) is 4.74 Å². The number of carbonyl (C=O) groups excluding carboxylic acids is 1. The minimum atomic E-state index is 0.0539. The third-order valence-corrected chi connectivity index (χ3v) is 5.92. The van der Waals surface area contributed by atoms with Crippen LogP contribution in [0.4, 0.5) is 16.5 Å². The van der Waals surface area contributed by atoms with Gasteiger partial charge in [0.25, 0.3) is 0 Å². The maximum Gasteiger partial charge on any atom is 0.248 e. The van der Waals surface area contributed by atoms with Crippen LogP contribution < -0.4 is 10.2 Å². The molecule has 3 aromatic rings. The lowest BCUT2D eigenvalue weighted by atomic mass is 10.2. The van der Waals surface area contributed by atoms with Crippen LogP contribution in [0.3, 0.4) is 0 Å². The highest BCUT2D eigenvalue weighted by atomic mass is 32.1. The summed E-state index contributed by atoms with van der Waals surface area (Å²) < 4.78 is 4.95. The van der Waals surface area contributed by atoms with E-state index in [1.54, 1.807) is 18.4 Å². The number of aryl methyl sites for hydroxylation is 1. The Bertz CT molecular complexity index is 998. The van der Waals surface area contributed by atoms with Crippen LogP contribution in [-0.4, -0.2) is 60.7 Å². The molecule has 29 heavy (non-hydrogen) atoms. The summed E-state index contributed by atoms with van der Waals surface area (Å²) in [5, 5.41) is 4.25. The molecule has 1 fully saturated rings. The lowest BCUT2D eigenvalue weighted by molar-refractivity contribution is -0.135. The van der Waals surface area contributed by atoms with E-state index in [9.17, 15) is 4.79 Å². The number of pyridine rings is 1. The summed E-state index contributed by atoms with van der Waals surface area (Å²) in [5.41, 5.74) is 4.14. The Hall–Kier alpha value is -2.71. The second kappa shape index (κ2) is 8.75. The number of ether oxygens (including phenoxy) is 1. The first-order valence-electron chi connectivity index (χ1n) is 9.81. The van der Waals surface area contributed by atoms with Crippen LogP contribution in [0.1, 0.15) is 12.6 Å². The van der Waals surface area contributed by atoms with Gasteiger partial charge in [0.2, 0.25) is 5.91 Å². The fourth-order valence-corrected chi connectivity index (χ4v) is 4.32. The Kier molecular flexibility index (Phi) is 5.92. The van der Waals surface area contributed by atoms with E-state index >= 15 is 0 Å². The Balaban J connectivity index is 1.43. The number of nitrogens with one attached hydrogen (secondary N) is 1. The first-order chi connectivity index (χ1) is 14.2. The monoisotopic (exact) mass is 411 g/mol. The Morgan fingerprint density at radius 1 is 1.17 bits per heavy atom. The van der Waals surface area contributed by atoms with Crippen molar-refractivity contribution in [3.8, 4) is 0 Å². The summed E-state index contributed by atoms with van der Waals surface area (Å²) in [5.74, 6) is 0.0539. The SMILES string of the molecule is CCc1ccc2nc(Nc3cccc(N4CCN(C(=O)COC)CC4)c3)sc2n1. The van der Waals surface area contributed by atoms with E-state index in [0.29, 0.717) is 13.1 Å². The fraction of sp³-hybridized carbons (Fsp3) is 0.381. The van der Waals surface area contributed by atoms with Gasteiger partial charge in [0, 0.05) is 50.4 Å². The Morgan fingerprint density at radius 2 is 2.00 bits per heavy atom. The van der Waals surface area contributed by atoms with Gasteiger partial charge in [0.1, 0.15) is 17.0 Å². The van der Waals surface area contributed by atoms with Crippen molar-refractivity contribution < 1.29 is 9.53 Å². The molecular weight excluding hydrogens is 386 g/mol. The van der Waals surface area contributed by atoms with E-state index < -0.39 is 0 Å². The molecule has 0 atom stereocenters. The number of rotatable bonds is 6. The van der Waals surface area contributed by atoms with Gasteiger partial charge in [-0.3, -0.25) is 4.79 Å². The normalized spacial score (nSPS) is 14.4. The summed E-state index contributed by atoms with van der Waals surface area (Å²) in [6.45, 7) is 5.29. The molecule has 0 spiro atoms. The van der Waals surface area contributed by atoms with E-state index in [1.807, 2.05) is 29.2 Å². The van der Waals surface area contributed by atoms with E-state index in [0.717, 1.165) is 52.1 Å². The number of methoxy groups -OCH3 is 1. The lowest BCUT2D eigenvalue weighted by Crippen LogP contribution is -2.49. The molecule has 1 N–H and O–H groups in total. The van der Waals surface area contributed by atoms with Crippen molar-refractivity contribution in [3.05, 3.63) is 42.1 Å². The third kappa shape index (κ3) is 4.49. The first-order valence-corrected chi connectivity index (χ1v) is 10.6. The number of fused-ring (bicyclic) bond motifs is 1. The molecule has 0 unspecified atom stereocenters. The number of hydrogen-bond donors (Lipinski definition) is 1. The molecular formula is C21H25N5O2S. The fourth-order valence-electron chi connectivity index (χ4n) is 3.44. The number of amides is 1. The molecule has 8 heteroatoms. The minimum Gasteiger partial charge on any atom is -0.375 e. The van der Waals surface area contributed by atoms with E-state index in [-0.39, 0.29) is 12.5 Å². The highest BCUT2D eigenvalue weighted by molar-refractivity contribution is 7.21. The van der Waals surface area contributed by atoms with Gasteiger partial charge in [-0.2, -0.15) is 0 Å². The molecule has 0 aliphatic carbocycles. The van der Waals surface area contributed by atoms with Crippen molar-refractivity contribution in [2.24, 2.45) is 0 Å². The topological polar surface area (TPSA) is 70.6 Å². The second-order valence-electron chi connectivity index (χ2n) is 6.98. The van der Waals surface area contributed by atoms with Crippen LogP contribution in [0.25, 0.3) is 10.3 Å². The number of piperazine rings is 1. The average Bonchev–Trinajstić information content (AvgIpc) is 3.15. The average molecular weight is 412 g/mol. The molecule has 0 bridgehead atoms. The van der Waals surface area contributed by atoms with Crippen molar-refractivity contribution in [1.82, 2.24) is 14.9 Å². The molecule has 0 radical (unpaired) electrons. The van der Waals surface area contributed by atoms with Gasteiger partial charge >= 0.3 is 0 Å². The molecule has 1 aliphatic rings. The number of carbonyl (C=O) groups is 1. The smallest absolute Gasteiger partial charge is 0.248 e. The molecule has 1 amide bonds. The second-order valence-corrected chi connectivity index (χ2v) is 7.95. The predicted octanol–water partition coefficient (Wildman–Crippen LogP) is 3.29. The zero-order valence-corrected chi connectivity index (χ0v) is 17.5. The number of benzene rings is 1. The largest absolute Gasteiger partial charge is 0.375 e. The summed E-state index contributed by atoms with van der Waals surface area (Å²) in [7, 11) is 1.55. The minimum absolute atomic E-state index is 0.0539. The maximum atomic E-state index is 12.0. The van der Waals surface area contributed by atoms with Gasteiger partial charge in [0.05, 0.1) is 0 Å². The predicted molar refractivity (Wildman–Crippen MR) is 117 cm³/mol. The molecule has 2 aromatic heterocycles. The zero-order chi connectivity index (χ0) is 20.2. The third-order valence-electron chi connectivity index (χ3n) is 5.04. The van der Waals surface area contributed by atoms with Gasteiger partial charge < -0.3 is 19.9 Å². The molecule has 3 heterocycles. The highest BCUT2D eigenvalue weighted by Gasteiger charge is 2.21. The summed E-state index contributed by atoms with van der Waals surface area (Å²) >= 11 is 1.57. The molecule has 1 aromatic carbocycles. The van der Waals surface area contributed by atoms with E-state index in [2.05, 4.69) is 39.2 Å². The van der Waals surface area contributed by atoms with Crippen molar-refractivity contribution in [3.63, 3.8) is 0 Å². The van der Waals surface area contributed by atoms with Crippen LogP contribution in [0, 0.1) is 0 Å². The zero-order valence-electron chi connectivity index (χ0n) is 16.7. The molecule has 152 valence electrons. The van der Waals surface area contributed by atoms with E-state index in [1.165, 1.54) is 0 Å². The number of aromatic nitrogens is 2. The highest BCUT2D eigenvalue weighted by Crippen LogP contribution is 2.29. The number of thiazole rings is 1. The van der Waals surface area contributed by atoms with Gasteiger partial charge in [-0.05, 0) is 36.8 Å². The molecule has 1 saturated heterocycles.